The molecule has 2 rings (SSSR count). The van der Waals surface area contributed by atoms with Crippen LogP contribution in [0.15, 0.2) is 42.5 Å². The number of hydrogen-bond acceptors (Lipinski definition) is 2. The van der Waals surface area contributed by atoms with Crippen molar-refractivity contribution in [3.8, 4) is 5.75 Å². The fourth-order valence-electron chi connectivity index (χ4n) is 1.92. The van der Waals surface area contributed by atoms with Crippen molar-refractivity contribution in [2.75, 3.05) is 6.54 Å². The fourth-order valence-corrected chi connectivity index (χ4v) is 2.24. The van der Waals surface area contributed by atoms with Crippen LogP contribution in [0.1, 0.15) is 29.8 Å². The maximum Gasteiger partial charge on any atom is 0.251 e. The molecule has 0 aliphatic heterocycles. The minimum atomic E-state index is -0.0984. The van der Waals surface area contributed by atoms with E-state index in [1.165, 1.54) is 0 Å². The molecule has 23 heavy (non-hydrogen) atoms. The van der Waals surface area contributed by atoms with Crippen molar-refractivity contribution >= 4 is 29.1 Å². The van der Waals surface area contributed by atoms with Gasteiger partial charge in [-0.3, -0.25) is 4.79 Å². The first kappa shape index (κ1) is 17.6. The van der Waals surface area contributed by atoms with E-state index in [-0.39, 0.29) is 5.91 Å². The van der Waals surface area contributed by atoms with Crippen molar-refractivity contribution < 1.29 is 9.53 Å². The molecule has 1 amide bonds. The summed E-state index contributed by atoms with van der Waals surface area (Å²) >= 11 is 11.9. The lowest BCUT2D eigenvalue weighted by Gasteiger charge is -2.10. The molecule has 0 saturated heterocycles. The van der Waals surface area contributed by atoms with Gasteiger partial charge in [0.15, 0.2) is 0 Å². The Bertz CT molecular complexity index is 686. The third kappa shape index (κ3) is 5.45. The number of carbonyl (C=O) groups is 1. The molecule has 0 spiro atoms. The first-order chi connectivity index (χ1) is 11.0. The Morgan fingerprint density at radius 2 is 1.91 bits per heavy atom. The van der Waals surface area contributed by atoms with Gasteiger partial charge in [0.05, 0.1) is 10.0 Å². The van der Waals surface area contributed by atoms with Crippen LogP contribution in [0.25, 0.3) is 0 Å². The Morgan fingerprint density at radius 1 is 1.13 bits per heavy atom. The molecule has 1 N–H and O–H groups in total. The molecule has 0 bridgehead atoms. The van der Waals surface area contributed by atoms with Crippen molar-refractivity contribution in [3.63, 3.8) is 0 Å². The number of halogens is 2. The van der Waals surface area contributed by atoms with Gasteiger partial charge < -0.3 is 10.1 Å². The first-order valence-electron chi connectivity index (χ1n) is 7.40. The van der Waals surface area contributed by atoms with Gasteiger partial charge in [-0.1, -0.05) is 49.2 Å². The van der Waals surface area contributed by atoms with Crippen LogP contribution in [0.4, 0.5) is 0 Å². The molecule has 122 valence electrons. The summed E-state index contributed by atoms with van der Waals surface area (Å²) < 4.78 is 5.72. The molecule has 0 heterocycles. The summed E-state index contributed by atoms with van der Waals surface area (Å²) in [5.74, 6) is 0.944. The standard InChI is InChI=1S/C18H19Cl2NO2/c1-12(2)10-21-18(22)14-4-3-5-15(9-14)23-11-13-6-7-16(19)17(20)8-13/h3-9,12H,10-11H2,1-2H3,(H,21,22). The zero-order valence-electron chi connectivity index (χ0n) is 13.1. The minimum Gasteiger partial charge on any atom is -0.489 e. The summed E-state index contributed by atoms with van der Waals surface area (Å²) in [4.78, 5) is 12.1. The van der Waals surface area contributed by atoms with Crippen molar-refractivity contribution in [3.05, 3.63) is 63.6 Å². The van der Waals surface area contributed by atoms with E-state index in [1.807, 2.05) is 12.1 Å². The summed E-state index contributed by atoms with van der Waals surface area (Å²) in [6.07, 6.45) is 0. The second-order valence-corrected chi connectivity index (χ2v) is 6.48. The summed E-state index contributed by atoms with van der Waals surface area (Å²) in [5.41, 5.74) is 1.49. The second-order valence-electron chi connectivity index (χ2n) is 5.67. The zero-order valence-corrected chi connectivity index (χ0v) is 14.6. The van der Waals surface area contributed by atoms with E-state index in [2.05, 4.69) is 19.2 Å². The lowest BCUT2D eigenvalue weighted by molar-refractivity contribution is 0.0948. The van der Waals surface area contributed by atoms with E-state index in [1.54, 1.807) is 30.3 Å². The van der Waals surface area contributed by atoms with E-state index in [9.17, 15) is 4.79 Å². The van der Waals surface area contributed by atoms with Crippen LogP contribution in [-0.2, 0) is 6.61 Å². The van der Waals surface area contributed by atoms with Crippen LogP contribution in [-0.4, -0.2) is 12.5 Å². The molecule has 0 saturated carbocycles. The van der Waals surface area contributed by atoms with E-state index >= 15 is 0 Å². The number of amides is 1. The molecule has 0 atom stereocenters. The first-order valence-corrected chi connectivity index (χ1v) is 8.16. The molecule has 0 aliphatic carbocycles. The van der Waals surface area contributed by atoms with Crippen LogP contribution in [0, 0.1) is 5.92 Å². The Kier molecular flexibility index (Phi) is 6.31. The number of hydrogen-bond donors (Lipinski definition) is 1. The monoisotopic (exact) mass is 351 g/mol. The van der Waals surface area contributed by atoms with Gasteiger partial charge in [-0.2, -0.15) is 0 Å². The Labute approximate surface area is 146 Å². The smallest absolute Gasteiger partial charge is 0.251 e. The van der Waals surface area contributed by atoms with Gasteiger partial charge in [0.2, 0.25) is 0 Å². The molecular weight excluding hydrogens is 333 g/mol. The van der Waals surface area contributed by atoms with E-state index in [0.717, 1.165) is 5.56 Å². The highest BCUT2D eigenvalue weighted by Crippen LogP contribution is 2.23. The molecule has 5 heteroatoms. The van der Waals surface area contributed by atoms with Crippen molar-refractivity contribution in [2.24, 2.45) is 5.92 Å². The molecule has 0 aromatic heterocycles. The Morgan fingerprint density at radius 3 is 2.61 bits per heavy atom. The summed E-state index contributed by atoms with van der Waals surface area (Å²) in [6, 6.07) is 12.5. The SMILES string of the molecule is CC(C)CNC(=O)c1cccc(OCc2ccc(Cl)c(Cl)c2)c1. The minimum absolute atomic E-state index is 0.0984. The number of carbonyl (C=O) groups excluding carboxylic acids is 1. The van der Waals surface area contributed by atoms with Gasteiger partial charge in [-0.15, -0.1) is 0 Å². The van der Waals surface area contributed by atoms with E-state index < -0.39 is 0 Å². The zero-order chi connectivity index (χ0) is 16.8. The molecular formula is C18H19Cl2NO2. The van der Waals surface area contributed by atoms with Gasteiger partial charge >= 0.3 is 0 Å². The quantitative estimate of drug-likeness (QED) is 0.798. The topological polar surface area (TPSA) is 38.3 Å². The summed E-state index contributed by atoms with van der Waals surface area (Å²) in [6.45, 7) is 5.11. The maximum atomic E-state index is 12.1. The van der Waals surface area contributed by atoms with Gasteiger partial charge in [0.25, 0.3) is 5.91 Å². The predicted octanol–water partition coefficient (Wildman–Crippen LogP) is 4.96. The fraction of sp³-hybridized carbons (Fsp3) is 0.278. The normalized spacial score (nSPS) is 10.7. The highest BCUT2D eigenvalue weighted by Gasteiger charge is 2.07. The Balaban J connectivity index is 1.99. The number of benzene rings is 2. The van der Waals surface area contributed by atoms with E-state index in [4.69, 9.17) is 27.9 Å². The Hall–Kier alpha value is -1.71. The molecule has 2 aromatic carbocycles. The van der Waals surface area contributed by atoms with Crippen molar-refractivity contribution in [1.29, 1.82) is 0 Å². The third-order valence-corrected chi connectivity index (χ3v) is 3.90. The molecule has 3 nitrogen and oxygen atoms in total. The lowest BCUT2D eigenvalue weighted by Crippen LogP contribution is -2.27. The van der Waals surface area contributed by atoms with Crippen molar-refractivity contribution in [1.82, 2.24) is 5.32 Å². The molecule has 0 radical (unpaired) electrons. The van der Waals surface area contributed by atoms with Gasteiger partial charge in [-0.25, -0.2) is 0 Å². The third-order valence-electron chi connectivity index (χ3n) is 3.16. The molecule has 0 unspecified atom stereocenters. The summed E-state index contributed by atoms with van der Waals surface area (Å²) in [5, 5.41) is 3.89. The van der Waals surface area contributed by atoms with Gasteiger partial charge in [-0.05, 0) is 41.8 Å². The van der Waals surface area contributed by atoms with Crippen LogP contribution in [0.2, 0.25) is 10.0 Å². The largest absolute Gasteiger partial charge is 0.489 e. The second kappa shape index (κ2) is 8.23. The lowest BCUT2D eigenvalue weighted by atomic mass is 10.1. The van der Waals surface area contributed by atoms with Gasteiger partial charge in [0.1, 0.15) is 12.4 Å². The molecule has 0 aliphatic rings. The maximum absolute atomic E-state index is 12.1. The number of nitrogens with one attached hydrogen (secondary N) is 1. The highest BCUT2D eigenvalue weighted by molar-refractivity contribution is 6.42. The van der Waals surface area contributed by atoms with E-state index in [0.29, 0.717) is 40.4 Å². The van der Waals surface area contributed by atoms with Crippen LogP contribution in [0.3, 0.4) is 0 Å². The van der Waals surface area contributed by atoms with Crippen LogP contribution in [0.5, 0.6) is 5.75 Å². The summed E-state index contributed by atoms with van der Waals surface area (Å²) in [7, 11) is 0. The average molecular weight is 352 g/mol. The molecule has 0 fully saturated rings. The van der Waals surface area contributed by atoms with Crippen molar-refractivity contribution in [2.45, 2.75) is 20.5 Å². The average Bonchev–Trinajstić information content (AvgIpc) is 2.54. The highest BCUT2D eigenvalue weighted by atomic mass is 35.5. The number of ether oxygens (including phenoxy) is 1. The van der Waals surface area contributed by atoms with Crippen LogP contribution < -0.4 is 10.1 Å². The van der Waals surface area contributed by atoms with Crippen LogP contribution >= 0.6 is 23.2 Å². The van der Waals surface area contributed by atoms with Gasteiger partial charge in [0, 0.05) is 12.1 Å². The number of rotatable bonds is 6. The predicted molar refractivity (Wildman–Crippen MR) is 94.4 cm³/mol. The molecule has 2 aromatic rings.